The quantitative estimate of drug-likeness (QED) is 0.436. The summed E-state index contributed by atoms with van der Waals surface area (Å²) < 4.78 is 13.2. The van der Waals surface area contributed by atoms with Crippen LogP contribution in [0.1, 0.15) is 31.2 Å². The number of carbonyl (C=O) groups is 1. The Morgan fingerprint density at radius 3 is 2.81 bits per heavy atom. The van der Waals surface area contributed by atoms with Crippen LogP contribution in [0.2, 0.25) is 0 Å². The SMILES string of the molecule is O=C(CCCNCc1cc(F)cc([N+](=O)[O-])c1)NC1CC1. The maximum absolute atomic E-state index is 13.2. The third-order valence-electron chi connectivity index (χ3n) is 3.18. The zero-order valence-corrected chi connectivity index (χ0v) is 11.6. The number of rotatable bonds is 8. The Bertz CT molecular complexity index is 532. The predicted octanol–water partition coefficient (Wildman–Crippen LogP) is 1.88. The molecule has 0 spiro atoms. The third-order valence-corrected chi connectivity index (χ3v) is 3.18. The van der Waals surface area contributed by atoms with E-state index in [0.29, 0.717) is 37.5 Å². The fraction of sp³-hybridized carbons (Fsp3) is 0.500. The average Bonchev–Trinajstić information content (AvgIpc) is 3.21. The van der Waals surface area contributed by atoms with Crippen molar-refractivity contribution in [3.8, 4) is 0 Å². The van der Waals surface area contributed by atoms with Crippen LogP contribution in [-0.4, -0.2) is 23.4 Å². The van der Waals surface area contributed by atoms with E-state index in [1.54, 1.807) is 0 Å². The minimum Gasteiger partial charge on any atom is -0.353 e. The van der Waals surface area contributed by atoms with Gasteiger partial charge in [0.1, 0.15) is 5.82 Å². The van der Waals surface area contributed by atoms with Crippen molar-refractivity contribution in [1.82, 2.24) is 10.6 Å². The van der Waals surface area contributed by atoms with Crippen molar-refractivity contribution in [1.29, 1.82) is 0 Å². The van der Waals surface area contributed by atoms with E-state index in [9.17, 15) is 19.3 Å². The molecule has 1 aromatic carbocycles. The van der Waals surface area contributed by atoms with E-state index >= 15 is 0 Å². The van der Waals surface area contributed by atoms with Gasteiger partial charge >= 0.3 is 0 Å². The Kier molecular flexibility index (Phi) is 5.21. The van der Waals surface area contributed by atoms with Crippen LogP contribution in [0.4, 0.5) is 10.1 Å². The molecule has 0 radical (unpaired) electrons. The summed E-state index contributed by atoms with van der Waals surface area (Å²) in [7, 11) is 0. The van der Waals surface area contributed by atoms with Gasteiger partial charge in [0.15, 0.2) is 0 Å². The summed E-state index contributed by atoms with van der Waals surface area (Å²) in [6.45, 7) is 0.936. The zero-order chi connectivity index (χ0) is 15.2. The summed E-state index contributed by atoms with van der Waals surface area (Å²) in [6.07, 6.45) is 3.27. The Labute approximate surface area is 121 Å². The van der Waals surface area contributed by atoms with Crippen LogP contribution in [0.3, 0.4) is 0 Å². The number of nitro benzene ring substituents is 1. The molecule has 7 heteroatoms. The molecular formula is C14H18FN3O3. The van der Waals surface area contributed by atoms with Gasteiger partial charge in [0.25, 0.3) is 5.69 Å². The highest BCUT2D eigenvalue weighted by atomic mass is 19.1. The van der Waals surface area contributed by atoms with Crippen LogP contribution < -0.4 is 10.6 Å². The molecule has 6 nitrogen and oxygen atoms in total. The van der Waals surface area contributed by atoms with Gasteiger partial charge in [-0.3, -0.25) is 14.9 Å². The van der Waals surface area contributed by atoms with Crippen LogP contribution in [0.15, 0.2) is 18.2 Å². The number of non-ortho nitro benzene ring substituents is 1. The number of hydrogen-bond acceptors (Lipinski definition) is 4. The molecule has 114 valence electrons. The lowest BCUT2D eigenvalue weighted by atomic mass is 10.2. The molecule has 1 aliphatic rings. The Morgan fingerprint density at radius 2 is 2.14 bits per heavy atom. The van der Waals surface area contributed by atoms with Gasteiger partial charge in [-0.2, -0.15) is 0 Å². The fourth-order valence-electron chi connectivity index (χ4n) is 1.97. The third kappa shape index (κ3) is 5.47. The van der Waals surface area contributed by atoms with E-state index < -0.39 is 10.7 Å². The van der Waals surface area contributed by atoms with Crippen molar-refractivity contribution in [2.24, 2.45) is 0 Å². The van der Waals surface area contributed by atoms with E-state index in [-0.39, 0.29) is 11.6 Å². The van der Waals surface area contributed by atoms with Gasteiger partial charge in [0, 0.05) is 25.1 Å². The van der Waals surface area contributed by atoms with Crippen LogP contribution in [0.5, 0.6) is 0 Å². The molecule has 1 amide bonds. The second-order valence-electron chi connectivity index (χ2n) is 5.20. The number of halogens is 1. The van der Waals surface area contributed by atoms with Gasteiger partial charge in [-0.1, -0.05) is 0 Å². The van der Waals surface area contributed by atoms with Gasteiger partial charge < -0.3 is 10.6 Å². The molecule has 1 aromatic rings. The van der Waals surface area contributed by atoms with Gasteiger partial charge in [-0.15, -0.1) is 0 Å². The highest BCUT2D eigenvalue weighted by molar-refractivity contribution is 5.76. The van der Waals surface area contributed by atoms with Crippen LogP contribution in [0, 0.1) is 15.9 Å². The molecule has 0 unspecified atom stereocenters. The molecule has 0 bridgehead atoms. The zero-order valence-electron chi connectivity index (χ0n) is 11.6. The van der Waals surface area contributed by atoms with E-state index in [2.05, 4.69) is 10.6 Å². The molecular weight excluding hydrogens is 277 g/mol. The van der Waals surface area contributed by atoms with E-state index in [0.717, 1.165) is 18.9 Å². The van der Waals surface area contributed by atoms with Gasteiger partial charge in [-0.05, 0) is 37.4 Å². The molecule has 0 heterocycles. The van der Waals surface area contributed by atoms with Gasteiger partial charge in [-0.25, -0.2) is 4.39 Å². The summed E-state index contributed by atoms with van der Waals surface area (Å²) in [5, 5.41) is 16.6. The first kappa shape index (κ1) is 15.4. The maximum atomic E-state index is 13.2. The smallest absolute Gasteiger partial charge is 0.272 e. The van der Waals surface area contributed by atoms with Crippen molar-refractivity contribution in [3.63, 3.8) is 0 Å². The molecule has 1 aliphatic carbocycles. The first-order valence-electron chi connectivity index (χ1n) is 6.98. The molecule has 1 saturated carbocycles. The number of nitrogens with one attached hydrogen (secondary N) is 2. The van der Waals surface area contributed by atoms with Gasteiger partial charge in [0.05, 0.1) is 11.0 Å². The fourth-order valence-corrected chi connectivity index (χ4v) is 1.97. The minimum absolute atomic E-state index is 0.0562. The van der Waals surface area contributed by atoms with E-state index in [1.807, 2.05) is 0 Å². The number of carbonyl (C=O) groups excluding carboxylic acids is 1. The molecule has 0 aromatic heterocycles. The van der Waals surface area contributed by atoms with Crippen molar-refractivity contribution < 1.29 is 14.1 Å². The summed E-state index contributed by atoms with van der Waals surface area (Å²) in [6, 6.07) is 3.87. The Balaban J connectivity index is 1.68. The second kappa shape index (κ2) is 7.12. The molecule has 2 rings (SSSR count). The van der Waals surface area contributed by atoms with Gasteiger partial charge in [0.2, 0.25) is 5.91 Å². The summed E-state index contributed by atoms with van der Waals surface area (Å²) in [4.78, 5) is 21.4. The number of nitro groups is 1. The molecule has 1 fully saturated rings. The molecule has 0 atom stereocenters. The summed E-state index contributed by atoms with van der Waals surface area (Å²) in [5.41, 5.74) is 0.264. The molecule has 0 aliphatic heterocycles. The largest absolute Gasteiger partial charge is 0.353 e. The van der Waals surface area contributed by atoms with Crippen LogP contribution in [-0.2, 0) is 11.3 Å². The van der Waals surface area contributed by atoms with E-state index in [1.165, 1.54) is 12.1 Å². The average molecular weight is 295 g/mol. The van der Waals surface area contributed by atoms with Crippen molar-refractivity contribution in [2.45, 2.75) is 38.3 Å². The highest BCUT2D eigenvalue weighted by Crippen LogP contribution is 2.18. The number of hydrogen-bond donors (Lipinski definition) is 2. The highest BCUT2D eigenvalue weighted by Gasteiger charge is 2.22. The minimum atomic E-state index is -0.621. The Morgan fingerprint density at radius 1 is 1.38 bits per heavy atom. The van der Waals surface area contributed by atoms with Crippen LogP contribution in [0.25, 0.3) is 0 Å². The number of amides is 1. The summed E-state index contributed by atoms with van der Waals surface area (Å²) >= 11 is 0. The second-order valence-corrected chi connectivity index (χ2v) is 5.20. The van der Waals surface area contributed by atoms with Crippen molar-refractivity contribution >= 4 is 11.6 Å². The van der Waals surface area contributed by atoms with E-state index in [4.69, 9.17) is 0 Å². The lowest BCUT2D eigenvalue weighted by molar-refractivity contribution is -0.385. The number of nitrogens with zero attached hydrogens (tertiary/aromatic N) is 1. The summed E-state index contributed by atoms with van der Waals surface area (Å²) in [5.74, 6) is -0.564. The lowest BCUT2D eigenvalue weighted by Gasteiger charge is -2.06. The standard InChI is InChI=1S/C14H18FN3O3/c15-11-6-10(7-13(8-11)18(20)21)9-16-5-1-2-14(19)17-12-3-4-12/h6-8,12,16H,1-5,9H2,(H,17,19). The molecule has 2 N–H and O–H groups in total. The predicted molar refractivity (Wildman–Crippen MR) is 75.2 cm³/mol. The normalized spacial score (nSPS) is 14.0. The molecule has 21 heavy (non-hydrogen) atoms. The van der Waals surface area contributed by atoms with Crippen LogP contribution >= 0.6 is 0 Å². The van der Waals surface area contributed by atoms with Crippen molar-refractivity contribution in [2.75, 3.05) is 6.54 Å². The first-order chi connectivity index (χ1) is 10.0. The topological polar surface area (TPSA) is 84.3 Å². The Hall–Kier alpha value is -2.02. The maximum Gasteiger partial charge on any atom is 0.272 e. The lowest BCUT2D eigenvalue weighted by Crippen LogP contribution is -2.26. The first-order valence-corrected chi connectivity index (χ1v) is 6.98. The number of benzene rings is 1. The monoisotopic (exact) mass is 295 g/mol. The molecule has 0 saturated heterocycles. The van der Waals surface area contributed by atoms with Crippen molar-refractivity contribution in [3.05, 3.63) is 39.7 Å².